The maximum atomic E-state index is 11.2. The third-order valence-corrected chi connectivity index (χ3v) is 5.15. The second kappa shape index (κ2) is 13.6. The Labute approximate surface area is 182 Å². The van der Waals surface area contributed by atoms with Crippen molar-refractivity contribution in [1.82, 2.24) is 0 Å². The quantitative estimate of drug-likeness (QED) is 0.165. The fourth-order valence-electron chi connectivity index (χ4n) is 3.24. The molecule has 0 spiro atoms. The second-order valence-corrected chi connectivity index (χ2v) is 8.37. The number of rotatable bonds is 12. The zero-order valence-corrected chi connectivity index (χ0v) is 19.3. The lowest BCUT2D eigenvalue weighted by molar-refractivity contribution is -0.105. The van der Waals surface area contributed by atoms with Gasteiger partial charge in [-0.05, 0) is 103 Å². The molecule has 0 heterocycles. The van der Waals surface area contributed by atoms with E-state index in [0.717, 1.165) is 55.9 Å². The first-order valence-corrected chi connectivity index (χ1v) is 10.8. The monoisotopic (exact) mass is 410 g/mol. The molecule has 1 aromatic carbocycles. The Morgan fingerprint density at radius 2 is 1.43 bits per heavy atom. The molecule has 0 saturated carbocycles. The summed E-state index contributed by atoms with van der Waals surface area (Å²) in [5.41, 5.74) is 6.23. The van der Waals surface area contributed by atoms with Crippen molar-refractivity contribution in [1.29, 1.82) is 0 Å². The molecular weight excluding hydrogens is 372 g/mol. The Hall–Kier alpha value is -2.55. The molecule has 0 aliphatic rings. The molecule has 30 heavy (non-hydrogen) atoms. The molecule has 164 valence electrons. The highest BCUT2D eigenvalue weighted by molar-refractivity contribution is 5.73. The molecule has 0 aromatic heterocycles. The molecule has 1 rings (SSSR count). The van der Waals surface area contributed by atoms with E-state index in [0.29, 0.717) is 12.0 Å². The molecule has 0 aliphatic heterocycles. The van der Waals surface area contributed by atoms with E-state index in [9.17, 15) is 15.0 Å². The normalized spacial score (nSPS) is 12.8. The number of carbonyl (C=O) groups excluding carboxylic acids is 1. The third kappa shape index (κ3) is 10.3. The van der Waals surface area contributed by atoms with Gasteiger partial charge in [0.1, 0.15) is 17.8 Å². The molecule has 0 unspecified atom stereocenters. The van der Waals surface area contributed by atoms with Crippen molar-refractivity contribution in [2.75, 3.05) is 0 Å². The van der Waals surface area contributed by atoms with Crippen LogP contribution in [0.3, 0.4) is 0 Å². The zero-order valence-electron chi connectivity index (χ0n) is 19.3. The molecule has 0 atom stereocenters. The van der Waals surface area contributed by atoms with Crippen LogP contribution in [0.15, 0.2) is 58.7 Å². The van der Waals surface area contributed by atoms with Gasteiger partial charge in [-0.15, -0.1) is 0 Å². The van der Waals surface area contributed by atoms with Gasteiger partial charge in [-0.25, -0.2) is 0 Å². The van der Waals surface area contributed by atoms with Crippen molar-refractivity contribution < 1.29 is 15.0 Å². The minimum atomic E-state index is 0.189. The minimum absolute atomic E-state index is 0.189. The number of carbonyl (C=O) groups is 1. The van der Waals surface area contributed by atoms with E-state index < -0.39 is 0 Å². The van der Waals surface area contributed by atoms with Gasteiger partial charge in [0.25, 0.3) is 0 Å². The number of aryl methyl sites for hydroxylation is 1. The summed E-state index contributed by atoms with van der Waals surface area (Å²) in [7, 11) is 0. The van der Waals surface area contributed by atoms with Gasteiger partial charge < -0.3 is 10.2 Å². The zero-order chi connectivity index (χ0) is 22.5. The Morgan fingerprint density at radius 1 is 0.833 bits per heavy atom. The smallest absolute Gasteiger partial charge is 0.145 e. The minimum Gasteiger partial charge on any atom is -0.508 e. The van der Waals surface area contributed by atoms with Crippen molar-refractivity contribution in [3.63, 3.8) is 0 Å². The van der Waals surface area contributed by atoms with Gasteiger partial charge >= 0.3 is 0 Å². The lowest BCUT2D eigenvalue weighted by atomic mass is 10.0. The van der Waals surface area contributed by atoms with E-state index >= 15 is 0 Å². The van der Waals surface area contributed by atoms with Crippen LogP contribution < -0.4 is 0 Å². The largest absolute Gasteiger partial charge is 0.508 e. The summed E-state index contributed by atoms with van der Waals surface area (Å²) in [5, 5.41) is 19.8. The van der Waals surface area contributed by atoms with Crippen LogP contribution in [-0.2, 0) is 11.2 Å². The van der Waals surface area contributed by atoms with Crippen molar-refractivity contribution in [2.24, 2.45) is 0 Å². The fourth-order valence-corrected chi connectivity index (χ4v) is 3.24. The predicted octanol–water partition coefficient (Wildman–Crippen LogP) is 7.27. The Balaban J connectivity index is 2.45. The van der Waals surface area contributed by atoms with E-state index in [2.05, 4.69) is 52.0 Å². The summed E-state index contributed by atoms with van der Waals surface area (Å²) >= 11 is 0. The number of aromatic hydroxyl groups is 2. The van der Waals surface area contributed by atoms with Gasteiger partial charge in [0.2, 0.25) is 0 Å². The van der Waals surface area contributed by atoms with Crippen LogP contribution >= 0.6 is 0 Å². The number of benzene rings is 1. The molecule has 0 aliphatic carbocycles. The second-order valence-electron chi connectivity index (χ2n) is 8.37. The number of aldehydes is 1. The van der Waals surface area contributed by atoms with E-state index in [-0.39, 0.29) is 11.5 Å². The summed E-state index contributed by atoms with van der Waals surface area (Å²) in [5.74, 6) is 0.449. The topological polar surface area (TPSA) is 57.5 Å². The van der Waals surface area contributed by atoms with Gasteiger partial charge in [0.05, 0.1) is 0 Å². The van der Waals surface area contributed by atoms with Crippen LogP contribution in [-0.4, -0.2) is 16.5 Å². The van der Waals surface area contributed by atoms with Crippen molar-refractivity contribution in [2.45, 2.75) is 79.6 Å². The average molecular weight is 411 g/mol. The van der Waals surface area contributed by atoms with Crippen LogP contribution in [0.4, 0.5) is 0 Å². The first kappa shape index (κ1) is 25.5. The molecule has 1 aromatic rings. The Morgan fingerprint density at radius 3 is 2.07 bits per heavy atom. The van der Waals surface area contributed by atoms with E-state index in [4.69, 9.17) is 0 Å². The summed E-state index contributed by atoms with van der Waals surface area (Å²) in [6, 6.07) is 3.19. The first-order valence-electron chi connectivity index (χ1n) is 10.8. The molecular formula is C27H38O3. The van der Waals surface area contributed by atoms with Crippen molar-refractivity contribution >= 4 is 6.29 Å². The van der Waals surface area contributed by atoms with Gasteiger partial charge in [0, 0.05) is 5.56 Å². The van der Waals surface area contributed by atoms with Crippen molar-refractivity contribution in [3.8, 4) is 11.5 Å². The highest BCUT2D eigenvalue weighted by atomic mass is 16.3. The summed E-state index contributed by atoms with van der Waals surface area (Å²) in [4.78, 5) is 11.2. The molecule has 2 N–H and O–H groups in total. The van der Waals surface area contributed by atoms with Gasteiger partial charge in [-0.3, -0.25) is 4.79 Å². The summed E-state index contributed by atoms with van der Waals surface area (Å²) < 4.78 is 0. The van der Waals surface area contributed by atoms with Crippen molar-refractivity contribution in [3.05, 3.63) is 69.9 Å². The maximum absolute atomic E-state index is 11.2. The molecule has 0 amide bonds. The predicted molar refractivity (Wildman–Crippen MR) is 127 cm³/mol. The Kier molecular flexibility index (Phi) is 11.6. The molecule has 3 heteroatoms. The standard InChI is InChI=1S/C27H38O3/c1-20(2)9-6-13-24(19-28)14-8-12-21(3)10-7-11-22(4)15-16-25-18-26(29)17-23(5)27(25)30/h9-10,14-15,17-19,29-30H,6-8,11-13,16H2,1-5H3. The van der Waals surface area contributed by atoms with Gasteiger partial charge in [-0.1, -0.05) is 41.0 Å². The molecule has 0 bridgehead atoms. The molecule has 0 radical (unpaired) electrons. The Bertz CT molecular complexity index is 819. The lowest BCUT2D eigenvalue weighted by Crippen LogP contribution is -1.88. The van der Waals surface area contributed by atoms with Crippen LogP contribution in [0.1, 0.15) is 77.3 Å². The SMILES string of the molecule is CC(C)=CCCC(C=O)=CCCC(C)=CCCC(C)=CCc1cc(O)cc(C)c1O. The van der Waals surface area contributed by atoms with Crippen LogP contribution in [0.25, 0.3) is 0 Å². The van der Waals surface area contributed by atoms with Gasteiger partial charge in [-0.2, -0.15) is 0 Å². The average Bonchev–Trinajstić information content (AvgIpc) is 2.68. The fraction of sp³-hybridized carbons (Fsp3) is 0.444. The highest BCUT2D eigenvalue weighted by Gasteiger charge is 2.05. The summed E-state index contributed by atoms with van der Waals surface area (Å²) in [6.07, 6.45) is 15.8. The highest BCUT2D eigenvalue weighted by Crippen LogP contribution is 2.28. The van der Waals surface area contributed by atoms with Crippen LogP contribution in [0, 0.1) is 6.92 Å². The molecule has 0 fully saturated rings. The number of phenols is 2. The summed E-state index contributed by atoms with van der Waals surface area (Å²) in [6.45, 7) is 10.2. The molecule has 3 nitrogen and oxygen atoms in total. The van der Waals surface area contributed by atoms with E-state index in [1.54, 1.807) is 19.1 Å². The van der Waals surface area contributed by atoms with Gasteiger partial charge in [0.15, 0.2) is 0 Å². The number of hydrogen-bond acceptors (Lipinski definition) is 3. The first-order chi connectivity index (χ1) is 14.2. The van der Waals surface area contributed by atoms with E-state index in [1.807, 2.05) is 0 Å². The van der Waals surface area contributed by atoms with Crippen LogP contribution in [0.2, 0.25) is 0 Å². The van der Waals surface area contributed by atoms with Crippen LogP contribution in [0.5, 0.6) is 11.5 Å². The molecule has 0 saturated heterocycles. The third-order valence-electron chi connectivity index (χ3n) is 5.15. The van der Waals surface area contributed by atoms with E-state index in [1.165, 1.54) is 16.7 Å². The lowest BCUT2D eigenvalue weighted by Gasteiger charge is -2.07. The number of hydrogen-bond donors (Lipinski definition) is 2. The maximum Gasteiger partial charge on any atom is 0.145 e. The number of phenolic OH excluding ortho intramolecular Hbond substituents is 2. The number of allylic oxidation sites excluding steroid dienone is 8.